The lowest BCUT2D eigenvalue weighted by molar-refractivity contribution is -0.115. The Morgan fingerprint density at radius 2 is 2.00 bits per heavy atom. The minimum Gasteiger partial charge on any atom is -0.490 e. The minimum atomic E-state index is -0.214. The second-order valence-corrected chi connectivity index (χ2v) is 7.70. The molecule has 2 aromatic carbocycles. The fraction of sp³-hybridized carbons (Fsp3) is 0.158. The predicted molar refractivity (Wildman–Crippen MR) is 110 cm³/mol. The van der Waals surface area contributed by atoms with Crippen molar-refractivity contribution < 1.29 is 14.3 Å². The molecule has 1 fully saturated rings. The summed E-state index contributed by atoms with van der Waals surface area (Å²) in [6.07, 6.45) is 1.72. The van der Waals surface area contributed by atoms with Crippen LogP contribution < -0.4 is 14.8 Å². The first-order chi connectivity index (χ1) is 12.5. The Labute approximate surface area is 166 Å². The van der Waals surface area contributed by atoms with E-state index in [0.29, 0.717) is 33.2 Å². The molecular weight excluding hydrogens is 390 g/mol. The fourth-order valence-electron chi connectivity index (χ4n) is 2.34. The van der Waals surface area contributed by atoms with Crippen molar-refractivity contribution in [2.45, 2.75) is 6.92 Å². The first-order valence-electron chi connectivity index (χ1n) is 7.88. The van der Waals surface area contributed by atoms with Crippen LogP contribution in [0.4, 0.5) is 0 Å². The Morgan fingerprint density at radius 3 is 2.73 bits per heavy atom. The Morgan fingerprint density at radius 1 is 1.19 bits per heavy atom. The standard InChI is InChI=1S/C19H16ClNO3S2/c1-12-3-2-4-15(9-12)23-7-8-24-16-6-5-14(20)10-13(16)11-17-18(22)21-19(25)26-17/h2-6,9-11H,7-8H2,1H3,(H,21,22,25). The van der Waals surface area contributed by atoms with Gasteiger partial charge in [0.2, 0.25) is 0 Å². The van der Waals surface area contributed by atoms with Crippen molar-refractivity contribution >= 4 is 51.9 Å². The Balaban J connectivity index is 1.65. The van der Waals surface area contributed by atoms with E-state index < -0.39 is 0 Å². The van der Waals surface area contributed by atoms with E-state index in [1.54, 1.807) is 24.3 Å². The molecule has 0 aliphatic carbocycles. The second-order valence-electron chi connectivity index (χ2n) is 5.55. The van der Waals surface area contributed by atoms with Crippen molar-refractivity contribution in [3.63, 3.8) is 0 Å². The highest BCUT2D eigenvalue weighted by atomic mass is 35.5. The van der Waals surface area contributed by atoms with Crippen molar-refractivity contribution in [3.8, 4) is 11.5 Å². The smallest absolute Gasteiger partial charge is 0.263 e. The minimum absolute atomic E-state index is 0.214. The molecule has 0 aromatic heterocycles. The summed E-state index contributed by atoms with van der Waals surface area (Å²) in [5.41, 5.74) is 1.86. The second kappa shape index (κ2) is 8.58. The SMILES string of the molecule is Cc1cccc(OCCOc2ccc(Cl)cc2C=C2SC(=S)NC2=O)c1. The van der Waals surface area contributed by atoms with Crippen molar-refractivity contribution in [1.29, 1.82) is 0 Å². The number of carbonyl (C=O) groups is 1. The highest BCUT2D eigenvalue weighted by Gasteiger charge is 2.22. The number of benzene rings is 2. The van der Waals surface area contributed by atoms with E-state index in [1.807, 2.05) is 31.2 Å². The highest BCUT2D eigenvalue weighted by Crippen LogP contribution is 2.31. The van der Waals surface area contributed by atoms with Gasteiger partial charge in [0.05, 0.1) is 4.91 Å². The largest absolute Gasteiger partial charge is 0.490 e. The topological polar surface area (TPSA) is 47.6 Å². The third kappa shape index (κ3) is 5.00. The van der Waals surface area contributed by atoms with Gasteiger partial charge in [-0.3, -0.25) is 4.79 Å². The molecule has 134 valence electrons. The van der Waals surface area contributed by atoms with E-state index in [9.17, 15) is 4.79 Å². The number of thioether (sulfide) groups is 1. The van der Waals surface area contributed by atoms with Gasteiger partial charge in [-0.05, 0) is 48.9 Å². The molecule has 1 saturated heterocycles. The summed E-state index contributed by atoms with van der Waals surface area (Å²) < 4.78 is 11.9. The van der Waals surface area contributed by atoms with Gasteiger partial charge in [0.25, 0.3) is 5.91 Å². The maximum absolute atomic E-state index is 11.8. The number of halogens is 1. The summed E-state index contributed by atoms with van der Waals surface area (Å²) in [4.78, 5) is 12.4. The summed E-state index contributed by atoms with van der Waals surface area (Å²) in [6, 6.07) is 13.1. The molecule has 1 aliphatic heterocycles. The molecule has 0 unspecified atom stereocenters. The first-order valence-corrected chi connectivity index (χ1v) is 9.48. The monoisotopic (exact) mass is 405 g/mol. The zero-order valence-corrected chi connectivity index (χ0v) is 16.3. The zero-order chi connectivity index (χ0) is 18.5. The van der Waals surface area contributed by atoms with E-state index in [0.717, 1.165) is 16.9 Å². The molecule has 4 nitrogen and oxygen atoms in total. The number of ether oxygens (including phenoxy) is 2. The fourth-order valence-corrected chi connectivity index (χ4v) is 3.56. The van der Waals surface area contributed by atoms with Gasteiger partial charge in [0, 0.05) is 10.6 Å². The van der Waals surface area contributed by atoms with Crippen LogP contribution in [0, 0.1) is 6.92 Å². The molecule has 1 N–H and O–H groups in total. The number of carbonyl (C=O) groups excluding carboxylic acids is 1. The summed E-state index contributed by atoms with van der Waals surface area (Å²) in [6.45, 7) is 2.78. The maximum Gasteiger partial charge on any atom is 0.263 e. The molecule has 7 heteroatoms. The van der Waals surface area contributed by atoms with Crippen LogP contribution in [0.25, 0.3) is 6.08 Å². The van der Waals surface area contributed by atoms with Gasteiger partial charge in [-0.2, -0.15) is 0 Å². The molecule has 1 heterocycles. The van der Waals surface area contributed by atoms with Crippen LogP contribution in [0.5, 0.6) is 11.5 Å². The third-order valence-corrected chi connectivity index (χ3v) is 4.90. The van der Waals surface area contributed by atoms with Crippen LogP contribution in [-0.2, 0) is 4.79 Å². The van der Waals surface area contributed by atoms with Gasteiger partial charge in [-0.15, -0.1) is 0 Å². The average molecular weight is 406 g/mol. The summed E-state index contributed by atoms with van der Waals surface area (Å²) in [7, 11) is 0. The molecular formula is C19H16ClNO3S2. The van der Waals surface area contributed by atoms with Crippen LogP contribution >= 0.6 is 35.6 Å². The molecule has 1 aliphatic rings. The van der Waals surface area contributed by atoms with E-state index in [2.05, 4.69) is 5.32 Å². The van der Waals surface area contributed by atoms with Crippen molar-refractivity contribution in [2.24, 2.45) is 0 Å². The van der Waals surface area contributed by atoms with Gasteiger partial charge in [0.1, 0.15) is 29.0 Å². The number of amides is 1. The summed E-state index contributed by atoms with van der Waals surface area (Å²) >= 11 is 12.3. The van der Waals surface area contributed by atoms with E-state index in [4.69, 9.17) is 33.3 Å². The van der Waals surface area contributed by atoms with Gasteiger partial charge in [-0.1, -0.05) is 47.7 Å². The lowest BCUT2D eigenvalue weighted by atomic mass is 10.2. The molecule has 2 aromatic rings. The molecule has 0 spiro atoms. The number of nitrogens with one attached hydrogen (secondary N) is 1. The van der Waals surface area contributed by atoms with Crippen LogP contribution in [0.15, 0.2) is 47.4 Å². The van der Waals surface area contributed by atoms with Crippen LogP contribution in [0.2, 0.25) is 5.02 Å². The number of rotatable bonds is 6. The molecule has 0 bridgehead atoms. The maximum atomic E-state index is 11.8. The number of thiocarbonyl (C=S) groups is 1. The van der Waals surface area contributed by atoms with Crippen LogP contribution in [0.3, 0.4) is 0 Å². The van der Waals surface area contributed by atoms with Crippen molar-refractivity contribution in [3.05, 3.63) is 63.5 Å². The van der Waals surface area contributed by atoms with Gasteiger partial charge in [0.15, 0.2) is 0 Å². The number of hydrogen-bond acceptors (Lipinski definition) is 5. The van der Waals surface area contributed by atoms with Crippen LogP contribution in [-0.4, -0.2) is 23.4 Å². The molecule has 3 rings (SSSR count). The molecule has 0 saturated carbocycles. The Hall–Kier alpha value is -2.02. The van der Waals surface area contributed by atoms with E-state index in [-0.39, 0.29) is 5.91 Å². The summed E-state index contributed by atoms with van der Waals surface area (Å²) in [5.74, 6) is 1.22. The average Bonchev–Trinajstić information content (AvgIpc) is 2.90. The highest BCUT2D eigenvalue weighted by molar-refractivity contribution is 8.26. The van der Waals surface area contributed by atoms with Crippen molar-refractivity contribution in [1.82, 2.24) is 5.32 Å². The van der Waals surface area contributed by atoms with E-state index in [1.165, 1.54) is 11.8 Å². The predicted octanol–water partition coefficient (Wildman–Crippen LogP) is 4.60. The van der Waals surface area contributed by atoms with Gasteiger partial charge in [-0.25, -0.2) is 0 Å². The Bertz CT molecular complexity index is 883. The lowest BCUT2D eigenvalue weighted by Crippen LogP contribution is -2.17. The summed E-state index contributed by atoms with van der Waals surface area (Å²) in [5, 5.41) is 3.15. The third-order valence-electron chi connectivity index (χ3n) is 3.50. The van der Waals surface area contributed by atoms with Crippen molar-refractivity contribution in [2.75, 3.05) is 13.2 Å². The number of aryl methyl sites for hydroxylation is 1. The quantitative estimate of drug-likeness (QED) is 0.432. The van der Waals surface area contributed by atoms with Gasteiger partial charge >= 0.3 is 0 Å². The Kier molecular flexibility index (Phi) is 6.19. The zero-order valence-electron chi connectivity index (χ0n) is 14.0. The van der Waals surface area contributed by atoms with E-state index >= 15 is 0 Å². The molecule has 26 heavy (non-hydrogen) atoms. The van der Waals surface area contributed by atoms with Crippen LogP contribution in [0.1, 0.15) is 11.1 Å². The van der Waals surface area contributed by atoms with Gasteiger partial charge < -0.3 is 14.8 Å². The molecule has 1 amide bonds. The normalized spacial score (nSPS) is 15.2. The molecule has 0 radical (unpaired) electrons. The first kappa shape index (κ1) is 18.8. The lowest BCUT2D eigenvalue weighted by Gasteiger charge is -2.11. The molecule has 0 atom stereocenters. The number of hydrogen-bond donors (Lipinski definition) is 1.